The van der Waals surface area contributed by atoms with Gasteiger partial charge in [-0.15, -0.1) is 0 Å². The second-order valence-electron chi connectivity index (χ2n) is 6.25. The summed E-state index contributed by atoms with van der Waals surface area (Å²) in [7, 11) is 0. The van der Waals surface area contributed by atoms with Gasteiger partial charge in [0.2, 0.25) is 0 Å². The van der Waals surface area contributed by atoms with Gasteiger partial charge in [0, 0.05) is 10.6 Å². The SMILES string of the molecule is CCc1ccc(-c2nc(C(N)=O)c3[nH]c(=O)n(-c4cccc(Cl)c4)c3n2)cc1. The number of H-pyrrole nitrogens is 1. The topological polar surface area (TPSA) is 107 Å². The van der Waals surface area contributed by atoms with Gasteiger partial charge >= 0.3 is 5.69 Å². The summed E-state index contributed by atoms with van der Waals surface area (Å²) >= 11 is 6.07. The summed E-state index contributed by atoms with van der Waals surface area (Å²) in [4.78, 5) is 36.1. The van der Waals surface area contributed by atoms with Gasteiger partial charge in [-0.05, 0) is 30.2 Å². The van der Waals surface area contributed by atoms with E-state index >= 15 is 0 Å². The first-order valence-corrected chi connectivity index (χ1v) is 9.03. The van der Waals surface area contributed by atoms with Crippen molar-refractivity contribution in [3.8, 4) is 17.1 Å². The lowest BCUT2D eigenvalue weighted by Gasteiger charge is -2.07. The molecule has 8 heteroatoms. The molecule has 0 fully saturated rings. The molecule has 0 spiro atoms. The molecule has 0 aliphatic rings. The number of halogens is 1. The third-order valence-corrected chi connectivity index (χ3v) is 4.69. The first-order valence-electron chi connectivity index (χ1n) is 8.65. The number of carbonyl (C=O) groups is 1. The molecule has 2 heterocycles. The number of hydrogen-bond donors (Lipinski definition) is 2. The minimum atomic E-state index is -0.752. The maximum Gasteiger partial charge on any atom is 0.332 e. The molecule has 0 aliphatic carbocycles. The Hall–Kier alpha value is -3.45. The Morgan fingerprint density at radius 3 is 2.57 bits per heavy atom. The lowest BCUT2D eigenvalue weighted by Crippen LogP contribution is -2.15. The van der Waals surface area contributed by atoms with Crippen LogP contribution in [0.1, 0.15) is 23.0 Å². The normalized spacial score (nSPS) is 11.1. The number of hydrogen-bond acceptors (Lipinski definition) is 4. The van der Waals surface area contributed by atoms with E-state index in [2.05, 4.69) is 21.9 Å². The van der Waals surface area contributed by atoms with Crippen molar-refractivity contribution < 1.29 is 4.79 Å². The van der Waals surface area contributed by atoms with Crippen molar-refractivity contribution in [1.82, 2.24) is 19.5 Å². The van der Waals surface area contributed by atoms with Crippen LogP contribution in [-0.2, 0) is 6.42 Å². The lowest BCUT2D eigenvalue weighted by atomic mass is 10.1. The molecule has 28 heavy (non-hydrogen) atoms. The molecule has 7 nitrogen and oxygen atoms in total. The van der Waals surface area contributed by atoms with E-state index in [1.54, 1.807) is 24.3 Å². The molecule has 0 saturated heterocycles. The highest BCUT2D eigenvalue weighted by Crippen LogP contribution is 2.23. The van der Waals surface area contributed by atoms with Gasteiger partial charge in [-0.2, -0.15) is 0 Å². The van der Waals surface area contributed by atoms with Crippen LogP contribution in [0.25, 0.3) is 28.2 Å². The first kappa shape index (κ1) is 17.9. The predicted octanol–water partition coefficient (Wildman–Crippen LogP) is 3.09. The summed E-state index contributed by atoms with van der Waals surface area (Å²) in [6, 6.07) is 14.5. The maximum absolute atomic E-state index is 12.6. The summed E-state index contributed by atoms with van der Waals surface area (Å²) < 4.78 is 1.35. The van der Waals surface area contributed by atoms with E-state index in [0.717, 1.165) is 12.0 Å². The molecule has 3 N–H and O–H groups in total. The van der Waals surface area contributed by atoms with Crippen molar-refractivity contribution >= 4 is 28.7 Å². The van der Waals surface area contributed by atoms with Crippen molar-refractivity contribution in [2.75, 3.05) is 0 Å². The fraction of sp³-hybridized carbons (Fsp3) is 0.100. The number of carbonyl (C=O) groups excluding carboxylic acids is 1. The van der Waals surface area contributed by atoms with E-state index in [1.807, 2.05) is 24.3 Å². The molecular formula is C20H16ClN5O2. The standard InChI is InChI=1S/C20H16ClN5O2/c1-2-11-6-8-12(9-7-11)18-23-15(17(22)27)16-19(25-18)26(20(28)24-16)14-5-3-4-13(21)10-14/h3-10H,2H2,1H3,(H2,22,27)(H,24,28). The van der Waals surface area contributed by atoms with Crippen LogP contribution < -0.4 is 11.4 Å². The quantitative estimate of drug-likeness (QED) is 0.555. The fourth-order valence-electron chi connectivity index (χ4n) is 3.04. The van der Waals surface area contributed by atoms with Crippen molar-refractivity contribution in [1.29, 1.82) is 0 Å². The number of rotatable bonds is 4. The van der Waals surface area contributed by atoms with E-state index in [9.17, 15) is 9.59 Å². The number of aromatic amines is 1. The van der Waals surface area contributed by atoms with Crippen molar-refractivity contribution in [2.45, 2.75) is 13.3 Å². The van der Waals surface area contributed by atoms with Crippen LogP contribution in [-0.4, -0.2) is 25.4 Å². The molecule has 4 rings (SSSR count). The van der Waals surface area contributed by atoms with Gasteiger partial charge in [0.1, 0.15) is 5.52 Å². The molecule has 2 aromatic heterocycles. The third-order valence-electron chi connectivity index (χ3n) is 4.46. The van der Waals surface area contributed by atoms with Gasteiger partial charge in [-0.25, -0.2) is 19.3 Å². The molecule has 0 radical (unpaired) electrons. The Balaban J connectivity index is 2.02. The zero-order valence-corrected chi connectivity index (χ0v) is 15.7. The number of nitrogens with one attached hydrogen (secondary N) is 1. The van der Waals surface area contributed by atoms with E-state index < -0.39 is 11.6 Å². The molecule has 4 aromatic rings. The Bertz CT molecular complexity index is 1260. The number of primary amides is 1. The number of amides is 1. The highest BCUT2D eigenvalue weighted by atomic mass is 35.5. The Morgan fingerprint density at radius 1 is 1.18 bits per heavy atom. The van der Waals surface area contributed by atoms with Crippen LogP contribution >= 0.6 is 11.6 Å². The highest BCUT2D eigenvalue weighted by Gasteiger charge is 2.20. The molecule has 0 atom stereocenters. The van der Waals surface area contributed by atoms with Crippen LogP contribution in [0.15, 0.2) is 53.3 Å². The van der Waals surface area contributed by atoms with E-state index in [0.29, 0.717) is 22.1 Å². The minimum absolute atomic E-state index is 0.0440. The van der Waals surface area contributed by atoms with Gasteiger partial charge < -0.3 is 10.7 Å². The number of aryl methyl sites for hydroxylation is 1. The zero-order chi connectivity index (χ0) is 19.8. The number of fused-ring (bicyclic) bond motifs is 1. The average Bonchev–Trinajstić information content (AvgIpc) is 3.02. The third kappa shape index (κ3) is 3.05. The van der Waals surface area contributed by atoms with Gasteiger partial charge in [0.05, 0.1) is 5.69 Å². The van der Waals surface area contributed by atoms with Gasteiger partial charge in [-0.1, -0.05) is 48.9 Å². The number of aromatic nitrogens is 4. The molecule has 0 aliphatic heterocycles. The highest BCUT2D eigenvalue weighted by molar-refractivity contribution is 6.30. The van der Waals surface area contributed by atoms with Gasteiger partial charge in [0.15, 0.2) is 17.2 Å². The Labute approximate surface area is 164 Å². The first-order chi connectivity index (χ1) is 13.5. The summed E-state index contributed by atoms with van der Waals surface area (Å²) in [6.45, 7) is 2.06. The fourth-order valence-corrected chi connectivity index (χ4v) is 3.22. The van der Waals surface area contributed by atoms with Crippen LogP contribution in [0.5, 0.6) is 0 Å². The zero-order valence-electron chi connectivity index (χ0n) is 14.9. The Morgan fingerprint density at radius 2 is 1.93 bits per heavy atom. The minimum Gasteiger partial charge on any atom is -0.364 e. The summed E-state index contributed by atoms with van der Waals surface area (Å²) in [6.07, 6.45) is 0.902. The molecule has 0 bridgehead atoms. The van der Waals surface area contributed by atoms with Crippen LogP contribution in [0.3, 0.4) is 0 Å². The molecule has 0 unspecified atom stereocenters. The molecule has 2 aromatic carbocycles. The molecule has 0 saturated carbocycles. The average molecular weight is 394 g/mol. The number of imidazole rings is 1. The van der Waals surface area contributed by atoms with E-state index in [-0.39, 0.29) is 16.9 Å². The van der Waals surface area contributed by atoms with Crippen molar-refractivity contribution in [3.05, 3.63) is 75.3 Å². The van der Waals surface area contributed by atoms with E-state index in [1.165, 1.54) is 4.57 Å². The van der Waals surface area contributed by atoms with Crippen molar-refractivity contribution in [2.24, 2.45) is 5.73 Å². The Kier molecular flexibility index (Phi) is 4.44. The second-order valence-corrected chi connectivity index (χ2v) is 6.69. The van der Waals surface area contributed by atoms with Crippen LogP contribution in [0.4, 0.5) is 0 Å². The predicted molar refractivity (Wildman–Crippen MR) is 108 cm³/mol. The smallest absolute Gasteiger partial charge is 0.332 e. The monoisotopic (exact) mass is 393 g/mol. The maximum atomic E-state index is 12.6. The van der Waals surface area contributed by atoms with Crippen LogP contribution in [0.2, 0.25) is 5.02 Å². The second kappa shape index (κ2) is 6.94. The molecule has 140 valence electrons. The summed E-state index contributed by atoms with van der Waals surface area (Å²) in [5, 5.41) is 0.471. The largest absolute Gasteiger partial charge is 0.364 e. The van der Waals surface area contributed by atoms with Crippen molar-refractivity contribution in [3.63, 3.8) is 0 Å². The van der Waals surface area contributed by atoms with Gasteiger partial charge in [-0.3, -0.25) is 4.79 Å². The number of benzene rings is 2. The van der Waals surface area contributed by atoms with Gasteiger partial charge in [0.25, 0.3) is 5.91 Å². The summed E-state index contributed by atoms with van der Waals surface area (Å²) in [5.74, 6) is -0.447. The molecule has 1 amide bonds. The lowest BCUT2D eigenvalue weighted by molar-refractivity contribution is 0.0997. The van der Waals surface area contributed by atoms with Crippen LogP contribution in [0, 0.1) is 0 Å². The number of nitrogens with zero attached hydrogens (tertiary/aromatic N) is 3. The van der Waals surface area contributed by atoms with E-state index in [4.69, 9.17) is 17.3 Å². The summed E-state index contributed by atoms with van der Waals surface area (Å²) in [5.41, 5.74) is 7.84. The molecular weight excluding hydrogens is 378 g/mol. The number of nitrogens with two attached hydrogens (primary N) is 1.